The van der Waals surface area contributed by atoms with Crippen LogP contribution in [0.15, 0.2) is 15.5 Å². The average molecular weight is 165 g/mol. The molecular weight excluding hydrogens is 158 g/mol. The van der Waals surface area contributed by atoms with Gasteiger partial charge in [-0.25, -0.2) is 4.99 Å². The van der Waals surface area contributed by atoms with Crippen LogP contribution in [0.4, 0.5) is 0 Å². The molecule has 0 aromatic heterocycles. The Hall–Kier alpha value is -1.01. The predicted molar refractivity (Wildman–Crippen MR) is 47.5 cm³/mol. The van der Waals surface area contributed by atoms with Crippen molar-refractivity contribution in [3.05, 3.63) is 10.5 Å². The van der Waals surface area contributed by atoms with Crippen LogP contribution >= 0.6 is 11.8 Å². The Morgan fingerprint density at radius 1 is 1.82 bits per heavy atom. The molecule has 0 radical (unpaired) electrons. The van der Waals surface area contributed by atoms with Crippen molar-refractivity contribution >= 4 is 24.3 Å². The minimum absolute atomic E-state index is 0.514. The Morgan fingerprint density at radius 2 is 2.64 bits per heavy atom. The molecule has 0 atom stereocenters. The molecule has 0 unspecified atom stereocenters. The molecule has 0 spiro atoms. The first-order chi connectivity index (χ1) is 5.38. The van der Waals surface area contributed by atoms with Gasteiger partial charge >= 0.3 is 0 Å². The van der Waals surface area contributed by atoms with Gasteiger partial charge in [0.2, 0.25) is 0 Å². The number of carbonyl (C=O) groups is 1. The molecule has 11 heavy (non-hydrogen) atoms. The Balaban J connectivity index is 2.96. The zero-order valence-corrected chi connectivity index (χ0v) is 6.94. The van der Waals surface area contributed by atoms with Crippen LogP contribution in [0, 0.1) is 12.0 Å². The third-order valence-electron chi connectivity index (χ3n) is 1.28. The molecule has 0 aromatic carbocycles. The first-order valence-corrected chi connectivity index (χ1v) is 4.34. The molecule has 1 aliphatic rings. The standard InChI is InChI=1S/C8H7NOS/c1-11-8-5-9-4-2-3-7(8)6-10/h5-6H,3H2,1H3. The number of hydrogen-bond acceptors (Lipinski definition) is 3. The Kier molecular flexibility index (Phi) is 2.94. The third kappa shape index (κ3) is 1.95. The number of hydrogen-bond donors (Lipinski definition) is 0. The quantitative estimate of drug-likeness (QED) is 0.455. The lowest BCUT2D eigenvalue weighted by molar-refractivity contribution is -0.104. The predicted octanol–water partition coefficient (Wildman–Crippen LogP) is 1.24. The fourth-order valence-corrected chi connectivity index (χ4v) is 1.27. The summed E-state index contributed by atoms with van der Waals surface area (Å²) in [5, 5.41) is 0. The summed E-state index contributed by atoms with van der Waals surface area (Å²) >= 11 is 1.51. The van der Waals surface area contributed by atoms with Gasteiger partial charge in [-0.3, -0.25) is 4.79 Å². The van der Waals surface area contributed by atoms with Crippen molar-refractivity contribution in [3.8, 4) is 12.0 Å². The highest BCUT2D eigenvalue weighted by molar-refractivity contribution is 8.03. The summed E-state index contributed by atoms with van der Waals surface area (Å²) in [6.45, 7) is 0. The number of thioether (sulfide) groups is 1. The van der Waals surface area contributed by atoms with Gasteiger partial charge in [-0.2, -0.15) is 0 Å². The highest BCUT2D eigenvalue weighted by Crippen LogP contribution is 2.16. The van der Waals surface area contributed by atoms with Crippen LogP contribution in [0.25, 0.3) is 0 Å². The van der Waals surface area contributed by atoms with Gasteiger partial charge in [0, 0.05) is 22.9 Å². The summed E-state index contributed by atoms with van der Waals surface area (Å²) in [7, 11) is 0. The van der Waals surface area contributed by atoms with E-state index < -0.39 is 0 Å². The zero-order valence-electron chi connectivity index (χ0n) is 6.13. The molecule has 0 aliphatic carbocycles. The fraction of sp³-hybridized carbons (Fsp3) is 0.250. The van der Waals surface area contributed by atoms with Gasteiger partial charge in [0.25, 0.3) is 0 Å². The van der Waals surface area contributed by atoms with Crippen LogP contribution in [0.2, 0.25) is 0 Å². The van der Waals surface area contributed by atoms with Gasteiger partial charge in [-0.1, -0.05) is 5.92 Å². The molecule has 1 aliphatic heterocycles. The normalized spacial score (nSPS) is 15.4. The second kappa shape index (κ2) is 3.99. The van der Waals surface area contributed by atoms with Crippen molar-refractivity contribution in [2.75, 3.05) is 6.26 Å². The number of rotatable bonds is 2. The summed E-state index contributed by atoms with van der Waals surface area (Å²) in [6, 6.07) is 2.58. The van der Waals surface area contributed by atoms with Crippen molar-refractivity contribution in [2.24, 2.45) is 4.99 Å². The van der Waals surface area contributed by atoms with Crippen LogP contribution in [0.5, 0.6) is 0 Å². The molecule has 3 heteroatoms. The van der Waals surface area contributed by atoms with E-state index in [1.165, 1.54) is 11.8 Å². The zero-order chi connectivity index (χ0) is 8.10. The van der Waals surface area contributed by atoms with E-state index in [9.17, 15) is 4.79 Å². The SMILES string of the molecule is CSC1=C(C=O)CC#CN=C1. The van der Waals surface area contributed by atoms with Gasteiger partial charge in [0.1, 0.15) is 6.29 Å². The lowest BCUT2D eigenvalue weighted by atomic mass is 10.2. The van der Waals surface area contributed by atoms with E-state index in [1.807, 2.05) is 6.26 Å². The van der Waals surface area contributed by atoms with Crippen LogP contribution in [0.3, 0.4) is 0 Å². The molecule has 0 saturated carbocycles. The van der Waals surface area contributed by atoms with E-state index in [4.69, 9.17) is 0 Å². The summed E-state index contributed by atoms with van der Waals surface area (Å²) in [4.78, 5) is 15.2. The lowest BCUT2D eigenvalue weighted by Gasteiger charge is -1.96. The molecular formula is C8H7NOS. The second-order valence-electron chi connectivity index (χ2n) is 1.94. The van der Waals surface area contributed by atoms with Gasteiger partial charge in [0.05, 0.1) is 6.21 Å². The summed E-state index contributed by atoms with van der Waals surface area (Å²) in [5.74, 6) is 2.76. The molecule has 0 fully saturated rings. The Morgan fingerprint density at radius 3 is 3.27 bits per heavy atom. The van der Waals surface area contributed by atoms with E-state index in [0.29, 0.717) is 6.42 Å². The monoisotopic (exact) mass is 165 g/mol. The summed E-state index contributed by atoms with van der Waals surface area (Å²) < 4.78 is 0. The van der Waals surface area contributed by atoms with Gasteiger partial charge in [0.15, 0.2) is 0 Å². The topological polar surface area (TPSA) is 29.4 Å². The molecule has 0 aromatic rings. The summed E-state index contributed by atoms with van der Waals surface area (Å²) in [5.41, 5.74) is 0.728. The molecule has 2 nitrogen and oxygen atoms in total. The molecule has 0 bridgehead atoms. The molecule has 0 N–H and O–H groups in total. The van der Waals surface area contributed by atoms with Crippen molar-refractivity contribution in [1.82, 2.24) is 0 Å². The number of aliphatic imine (C=N–C) groups is 1. The van der Waals surface area contributed by atoms with Crippen molar-refractivity contribution in [2.45, 2.75) is 6.42 Å². The highest BCUT2D eigenvalue weighted by atomic mass is 32.2. The van der Waals surface area contributed by atoms with E-state index in [-0.39, 0.29) is 0 Å². The minimum Gasteiger partial charge on any atom is -0.298 e. The number of aldehydes is 1. The highest BCUT2D eigenvalue weighted by Gasteiger charge is 2.02. The maximum absolute atomic E-state index is 10.5. The minimum atomic E-state index is 0.514. The maximum atomic E-state index is 10.5. The van der Waals surface area contributed by atoms with Crippen LogP contribution in [0.1, 0.15) is 6.42 Å². The summed E-state index contributed by atoms with van der Waals surface area (Å²) in [6.07, 6.45) is 4.90. The number of nitrogens with zero attached hydrogens (tertiary/aromatic N) is 1. The van der Waals surface area contributed by atoms with Crippen molar-refractivity contribution in [1.29, 1.82) is 0 Å². The first kappa shape index (κ1) is 8.09. The van der Waals surface area contributed by atoms with Gasteiger partial charge in [-0.15, -0.1) is 11.8 Å². The smallest absolute Gasteiger partial charge is 0.148 e. The van der Waals surface area contributed by atoms with E-state index >= 15 is 0 Å². The van der Waals surface area contributed by atoms with Crippen molar-refractivity contribution < 1.29 is 4.79 Å². The van der Waals surface area contributed by atoms with Crippen molar-refractivity contribution in [3.63, 3.8) is 0 Å². The van der Waals surface area contributed by atoms with E-state index in [2.05, 4.69) is 17.0 Å². The number of allylic oxidation sites excluding steroid dienone is 2. The molecule has 56 valence electrons. The molecule has 0 saturated heterocycles. The Labute approximate surface area is 69.8 Å². The van der Waals surface area contributed by atoms with Crippen LogP contribution in [-0.2, 0) is 4.79 Å². The number of carbonyl (C=O) groups excluding carboxylic acids is 1. The molecule has 1 heterocycles. The molecule has 1 rings (SSSR count). The first-order valence-electron chi connectivity index (χ1n) is 3.11. The second-order valence-corrected chi connectivity index (χ2v) is 2.78. The van der Waals surface area contributed by atoms with Crippen LogP contribution < -0.4 is 0 Å². The maximum Gasteiger partial charge on any atom is 0.148 e. The van der Waals surface area contributed by atoms with E-state index in [1.54, 1.807) is 6.21 Å². The van der Waals surface area contributed by atoms with Gasteiger partial charge in [-0.05, 0) is 6.26 Å². The third-order valence-corrected chi connectivity index (χ3v) is 2.09. The average Bonchev–Trinajstić information content (AvgIpc) is 2.27. The lowest BCUT2D eigenvalue weighted by Crippen LogP contribution is -1.89. The van der Waals surface area contributed by atoms with E-state index in [0.717, 1.165) is 16.8 Å². The molecule has 0 amide bonds. The largest absolute Gasteiger partial charge is 0.298 e. The van der Waals surface area contributed by atoms with Crippen LogP contribution in [-0.4, -0.2) is 18.8 Å². The fourth-order valence-electron chi connectivity index (χ4n) is 0.725. The van der Waals surface area contributed by atoms with Gasteiger partial charge < -0.3 is 0 Å². The Bertz CT molecular complexity index is 280.